The number of nitrogens with two attached hydrogens (primary N) is 3. The maximum absolute atomic E-state index is 12.2. The summed E-state index contributed by atoms with van der Waals surface area (Å²) in [6.07, 6.45) is 0.437. The first kappa shape index (κ1) is 60.7. The van der Waals surface area contributed by atoms with Crippen molar-refractivity contribution in [2.75, 3.05) is 25.1 Å². The summed E-state index contributed by atoms with van der Waals surface area (Å²) in [4.78, 5) is 95.6. The highest BCUT2D eigenvalue weighted by Crippen LogP contribution is 2.37. The molecule has 0 spiro atoms. The molecule has 438 valence electrons. The van der Waals surface area contributed by atoms with Crippen LogP contribution in [0.4, 0.5) is 11.6 Å². The molecule has 0 radical (unpaired) electrons. The SMILES string of the molecule is C=C1NC(=O)c2ncn([C@@H]3O[C@H](CO)C(NC(=O)C(N)CCC)[C@@H]3O)c2N1.CCCC(N)C(=O)NC1[C@@H](CO)O[C@@H](n2cnc3c(=O)[nH]c(C)nc32)[C@H]1O.CCCC(N)C(=O)NC1[C@@H](CO)O[C@@H](n2cnc3c2N=CCC3=O)[C@H]1O. The molecule has 3 fully saturated rings. The van der Waals surface area contributed by atoms with Gasteiger partial charge in [-0.25, -0.2) is 24.9 Å². The zero-order valence-corrected chi connectivity index (χ0v) is 44.4. The first-order valence-corrected chi connectivity index (χ1v) is 26.1. The number of aryl methyl sites for hydroxylation is 1. The number of rotatable bonds is 18. The molecule has 5 aliphatic rings. The quantitative estimate of drug-likeness (QED) is 0.0448. The van der Waals surface area contributed by atoms with Crippen LogP contribution in [-0.4, -0.2) is 198 Å². The van der Waals surface area contributed by atoms with Gasteiger partial charge in [-0.3, -0.25) is 42.5 Å². The molecule has 32 nitrogen and oxygen atoms in total. The van der Waals surface area contributed by atoms with Crippen LogP contribution in [0, 0.1) is 6.92 Å². The summed E-state index contributed by atoms with van der Waals surface area (Å²) in [5.74, 6) is -0.641. The molecule has 0 bridgehead atoms. The van der Waals surface area contributed by atoms with Gasteiger partial charge in [0.05, 0.1) is 75.1 Å². The minimum atomic E-state index is -1.20. The number of aromatic nitrogens is 8. The number of H-pyrrole nitrogens is 1. The van der Waals surface area contributed by atoms with E-state index in [0.717, 1.165) is 19.3 Å². The summed E-state index contributed by atoms with van der Waals surface area (Å²) in [6, 6.07) is -4.70. The normalized spacial score (nSPS) is 27.8. The summed E-state index contributed by atoms with van der Waals surface area (Å²) in [5, 5.41) is 74.3. The second kappa shape index (κ2) is 26.5. The maximum Gasteiger partial charge on any atom is 0.279 e. The number of aliphatic imine (C=N–C) groups is 1. The van der Waals surface area contributed by atoms with E-state index in [9.17, 15) is 59.4 Å². The number of hydrogen-bond donors (Lipinski definition) is 15. The highest BCUT2D eigenvalue weighted by atomic mass is 16.6. The minimum absolute atomic E-state index is 0.106. The number of aliphatic hydroxyl groups is 6. The van der Waals surface area contributed by atoms with Crippen LogP contribution < -0.4 is 49.3 Å². The number of carbonyl (C=O) groups excluding carboxylic acids is 5. The first-order chi connectivity index (χ1) is 38.2. The maximum atomic E-state index is 12.2. The molecule has 15 atom stereocenters. The lowest BCUT2D eigenvalue weighted by Gasteiger charge is -2.24. The van der Waals surface area contributed by atoms with Gasteiger partial charge in [0.15, 0.2) is 52.8 Å². The van der Waals surface area contributed by atoms with E-state index in [-0.39, 0.29) is 46.4 Å². The van der Waals surface area contributed by atoms with Crippen LogP contribution in [0.15, 0.2) is 41.2 Å². The number of aromatic amines is 1. The molecule has 4 aromatic heterocycles. The molecule has 0 aliphatic carbocycles. The topological polar surface area (TPSA) is 484 Å². The van der Waals surface area contributed by atoms with Gasteiger partial charge >= 0.3 is 0 Å². The smallest absolute Gasteiger partial charge is 0.279 e. The van der Waals surface area contributed by atoms with Crippen molar-refractivity contribution in [2.24, 2.45) is 22.2 Å². The van der Waals surface area contributed by atoms with Crippen molar-refractivity contribution in [1.82, 2.24) is 59.9 Å². The van der Waals surface area contributed by atoms with Crippen molar-refractivity contribution in [2.45, 2.75) is 164 Å². The Kier molecular flexibility index (Phi) is 20.1. The van der Waals surface area contributed by atoms with E-state index in [1.54, 1.807) is 6.92 Å². The Morgan fingerprint density at radius 1 is 0.688 bits per heavy atom. The minimum Gasteiger partial charge on any atom is -0.394 e. The molecule has 0 saturated carbocycles. The molecular formula is C48H71N17O15. The third-order valence-corrected chi connectivity index (χ3v) is 13.8. The van der Waals surface area contributed by atoms with E-state index in [1.165, 1.54) is 38.9 Å². The summed E-state index contributed by atoms with van der Waals surface area (Å²) in [5.41, 5.74) is 17.7. The number of nitrogens with one attached hydrogen (secondary N) is 6. The molecule has 32 heteroatoms. The van der Waals surface area contributed by atoms with Gasteiger partial charge in [0, 0.05) is 12.6 Å². The largest absolute Gasteiger partial charge is 0.394 e. The number of imidazole rings is 3. The van der Waals surface area contributed by atoms with Crippen LogP contribution in [0.25, 0.3) is 11.2 Å². The van der Waals surface area contributed by atoms with Crippen molar-refractivity contribution in [3.63, 3.8) is 0 Å². The van der Waals surface area contributed by atoms with Gasteiger partial charge in [0.25, 0.3) is 11.5 Å². The van der Waals surface area contributed by atoms with Gasteiger partial charge in [0.1, 0.15) is 54.1 Å². The molecule has 9 heterocycles. The van der Waals surface area contributed by atoms with Gasteiger partial charge in [0.2, 0.25) is 17.7 Å². The molecular weight excluding hydrogens is 1050 g/mol. The molecule has 9 rings (SSSR count). The van der Waals surface area contributed by atoms with Gasteiger partial charge < -0.3 is 93.6 Å². The van der Waals surface area contributed by atoms with Crippen molar-refractivity contribution < 1.29 is 68.8 Å². The third-order valence-electron chi connectivity index (χ3n) is 13.8. The number of ketones is 1. The number of ether oxygens (including phenoxy) is 3. The van der Waals surface area contributed by atoms with Crippen molar-refractivity contribution in [3.8, 4) is 0 Å². The molecule has 3 saturated heterocycles. The van der Waals surface area contributed by atoms with Crippen LogP contribution >= 0.6 is 0 Å². The monoisotopic (exact) mass is 1130 g/mol. The number of carbonyl (C=O) groups is 5. The van der Waals surface area contributed by atoms with E-state index >= 15 is 0 Å². The van der Waals surface area contributed by atoms with Crippen LogP contribution in [0.1, 0.15) is 111 Å². The summed E-state index contributed by atoms with van der Waals surface area (Å²) in [6.45, 7) is 9.78. The lowest BCUT2D eigenvalue weighted by atomic mass is 10.1. The van der Waals surface area contributed by atoms with Gasteiger partial charge in [-0.1, -0.05) is 46.6 Å². The van der Waals surface area contributed by atoms with Crippen LogP contribution in [0.2, 0.25) is 0 Å². The van der Waals surface area contributed by atoms with Crippen LogP contribution in [-0.2, 0) is 28.6 Å². The number of amides is 4. The molecule has 0 aromatic carbocycles. The molecule has 6 unspecified atom stereocenters. The van der Waals surface area contributed by atoms with E-state index in [1.807, 2.05) is 20.8 Å². The molecule has 4 amide bonds. The zero-order chi connectivity index (χ0) is 58.3. The third kappa shape index (κ3) is 12.8. The summed E-state index contributed by atoms with van der Waals surface area (Å²) >= 11 is 0. The zero-order valence-electron chi connectivity index (χ0n) is 44.4. The van der Waals surface area contributed by atoms with Gasteiger partial charge in [-0.2, -0.15) is 0 Å². The second-order valence-corrected chi connectivity index (χ2v) is 19.6. The molecule has 5 aliphatic heterocycles. The number of fused-ring (bicyclic) bond motifs is 3. The van der Waals surface area contributed by atoms with Crippen molar-refractivity contribution in [1.29, 1.82) is 0 Å². The van der Waals surface area contributed by atoms with Crippen molar-refractivity contribution in [3.05, 3.63) is 58.9 Å². The highest BCUT2D eigenvalue weighted by Gasteiger charge is 2.49. The van der Waals surface area contributed by atoms with E-state index in [2.05, 4.69) is 63.1 Å². The number of anilines is 1. The van der Waals surface area contributed by atoms with E-state index < -0.39 is 141 Å². The second-order valence-electron chi connectivity index (χ2n) is 19.6. The highest BCUT2D eigenvalue weighted by molar-refractivity contribution is 6.08. The summed E-state index contributed by atoms with van der Waals surface area (Å²) in [7, 11) is 0. The Labute approximate surface area is 456 Å². The fraction of sp³-hybridized carbons (Fsp3) is 0.604. The molecule has 4 aromatic rings. The molecule has 18 N–H and O–H groups in total. The average Bonchev–Trinajstić information content (AvgIpc) is 4.36. The van der Waals surface area contributed by atoms with Crippen LogP contribution in [0.3, 0.4) is 0 Å². The lowest BCUT2D eigenvalue weighted by molar-refractivity contribution is -0.125. The van der Waals surface area contributed by atoms with E-state index in [0.29, 0.717) is 30.9 Å². The Bertz CT molecular complexity index is 2960. The molecule has 80 heavy (non-hydrogen) atoms. The Morgan fingerprint density at radius 3 is 1.60 bits per heavy atom. The Balaban J connectivity index is 0.000000173. The first-order valence-electron chi connectivity index (χ1n) is 26.1. The fourth-order valence-corrected chi connectivity index (χ4v) is 9.67. The van der Waals surface area contributed by atoms with Crippen LogP contribution in [0.5, 0.6) is 0 Å². The fourth-order valence-electron chi connectivity index (χ4n) is 9.67. The van der Waals surface area contributed by atoms with Crippen molar-refractivity contribution >= 4 is 58.4 Å². The van der Waals surface area contributed by atoms with Gasteiger partial charge in [-0.05, 0) is 26.2 Å². The number of nitrogens with zero attached hydrogens (tertiary/aromatic N) is 8. The summed E-state index contributed by atoms with van der Waals surface area (Å²) < 4.78 is 21.4. The number of hydrogen-bond acceptors (Lipinski definition) is 24. The Morgan fingerprint density at radius 2 is 1.12 bits per heavy atom. The lowest BCUT2D eigenvalue weighted by Crippen LogP contribution is -2.53. The predicted molar refractivity (Wildman–Crippen MR) is 280 cm³/mol. The van der Waals surface area contributed by atoms with E-state index in [4.69, 9.17) is 31.4 Å². The average molecular weight is 1130 g/mol. The standard InChI is InChI=1S/2C16H24N6O5.C16H23N5O5/c2*1-3-4-8(17)14(25)21-10-9(5-23)27-16(12(10)24)22-6-18-11-13(22)19-7(2)20-15(11)26;1-2-3-8(17)15(25)20-12-10(6-22)26-16(13(12)24)21-7-19-11-9(23)4-5-18-14(11)21/h6,8-10,12,16,23-24H,3-5,17H2,1-2H3,(H,21,25)(H,19,20,26);6,8-10,12,16,19,23-24H,2-5,17H2,1H3,(H,20,26)(H,21,25);5,7-8,10,12-13,16,22,24H,2-4,6,17H2,1H3,(H,20,25)/t2*8?,9-,10?,12+,16-;8?,10-,12?,13+,16-/m111/s1. The Hall–Kier alpha value is -6.95. The predicted octanol–water partition coefficient (Wildman–Crippen LogP) is -4.30. The number of aliphatic hydroxyl groups excluding tert-OH is 6. The van der Waals surface area contributed by atoms with Gasteiger partial charge in [-0.15, -0.1) is 0 Å². The number of Topliss-reactive ketones (excluding diaryl/α,β-unsaturated/α-hetero) is 1.